The lowest BCUT2D eigenvalue weighted by molar-refractivity contribution is -0.142. The molecule has 14 heteroatoms. The van der Waals surface area contributed by atoms with Gasteiger partial charge >= 0.3 is 11.9 Å². The zero-order valence-corrected chi connectivity index (χ0v) is 21.8. The highest BCUT2D eigenvalue weighted by Gasteiger charge is 2.30. The Balaban J connectivity index is 3.14. The number of phenolic OH excluding ortho intramolecular Hbond substituents is 1. The summed E-state index contributed by atoms with van der Waals surface area (Å²) in [6.45, 7) is 0.709. The Hall–Kier alpha value is -3.75. The van der Waals surface area contributed by atoms with Crippen molar-refractivity contribution in [2.24, 2.45) is 17.2 Å². The number of carboxylic acids is 2. The predicted molar refractivity (Wildman–Crippen MR) is 141 cm³/mol. The minimum Gasteiger partial charge on any atom is -0.508 e. The molecule has 0 saturated heterocycles. The molecule has 3 amide bonds. The molecule has 0 bridgehead atoms. The molecule has 1 aromatic carbocycles. The van der Waals surface area contributed by atoms with E-state index in [1.807, 2.05) is 0 Å². The summed E-state index contributed by atoms with van der Waals surface area (Å²) < 4.78 is 0. The molecule has 0 spiro atoms. The fraction of sp³-hybridized carbons (Fsp3) is 0.560. The van der Waals surface area contributed by atoms with Gasteiger partial charge in [0.15, 0.2) is 0 Å². The molecule has 0 aliphatic rings. The number of rotatable bonds is 19. The van der Waals surface area contributed by atoms with Crippen LogP contribution in [-0.2, 0) is 30.4 Å². The second kappa shape index (κ2) is 17.7. The van der Waals surface area contributed by atoms with E-state index in [2.05, 4.69) is 16.0 Å². The first-order valence-electron chi connectivity index (χ1n) is 12.8. The van der Waals surface area contributed by atoms with Crippen LogP contribution in [0.2, 0.25) is 0 Å². The van der Waals surface area contributed by atoms with Crippen molar-refractivity contribution in [2.45, 2.75) is 75.5 Å². The Morgan fingerprint density at radius 2 is 1.21 bits per heavy atom. The predicted octanol–water partition coefficient (Wildman–Crippen LogP) is -1.47. The maximum absolute atomic E-state index is 13.2. The van der Waals surface area contributed by atoms with E-state index < -0.39 is 60.2 Å². The number of hydrogen-bond donors (Lipinski definition) is 9. The molecule has 1 aromatic rings. The van der Waals surface area contributed by atoms with Crippen LogP contribution in [0, 0.1) is 0 Å². The van der Waals surface area contributed by atoms with E-state index in [1.54, 1.807) is 12.1 Å². The smallest absolute Gasteiger partial charge is 0.326 e. The highest BCUT2D eigenvalue weighted by Crippen LogP contribution is 2.13. The number of aromatic hydroxyl groups is 1. The van der Waals surface area contributed by atoms with Crippen LogP contribution in [0.1, 0.15) is 50.5 Å². The lowest BCUT2D eigenvalue weighted by Gasteiger charge is -2.25. The van der Waals surface area contributed by atoms with Crippen molar-refractivity contribution in [1.82, 2.24) is 16.0 Å². The first-order chi connectivity index (χ1) is 18.5. The van der Waals surface area contributed by atoms with Crippen molar-refractivity contribution in [1.29, 1.82) is 0 Å². The summed E-state index contributed by atoms with van der Waals surface area (Å²) in [7, 11) is 0. The molecule has 1 rings (SSSR count). The first-order valence-corrected chi connectivity index (χ1v) is 12.8. The SMILES string of the molecule is NCCCCC(NC(=O)C(Cc1ccc(O)cc1)NC(=O)C(CCCCN)NC(=O)C(N)CC(=O)O)C(=O)O. The number of unbranched alkanes of at least 4 members (excludes halogenated alkanes) is 2. The molecular weight excluding hydrogens is 512 g/mol. The zero-order valence-electron chi connectivity index (χ0n) is 21.8. The number of phenols is 1. The van der Waals surface area contributed by atoms with Gasteiger partial charge in [-0.2, -0.15) is 0 Å². The monoisotopic (exact) mass is 552 g/mol. The molecule has 14 nitrogen and oxygen atoms in total. The number of benzene rings is 1. The number of carbonyl (C=O) groups excluding carboxylic acids is 3. The largest absolute Gasteiger partial charge is 0.508 e. The van der Waals surface area contributed by atoms with Crippen LogP contribution in [0.25, 0.3) is 0 Å². The van der Waals surface area contributed by atoms with E-state index in [0.29, 0.717) is 44.3 Å². The van der Waals surface area contributed by atoms with Crippen molar-refractivity contribution in [3.8, 4) is 5.75 Å². The number of carboxylic acid groups (broad SMARTS) is 2. The van der Waals surface area contributed by atoms with Gasteiger partial charge in [-0.3, -0.25) is 19.2 Å². The van der Waals surface area contributed by atoms with Gasteiger partial charge in [-0.25, -0.2) is 4.79 Å². The standard InChI is InChI=1S/C25H40N6O8/c26-11-3-1-5-18(29-22(35)17(28)14-21(33)34)23(36)31-20(13-15-7-9-16(32)10-8-15)24(37)30-19(25(38)39)6-2-4-12-27/h7-10,17-20,32H,1-6,11-14,26-28H2,(H,29,35)(H,30,37)(H,31,36)(H,33,34)(H,38,39). The average Bonchev–Trinajstić information content (AvgIpc) is 2.87. The van der Waals surface area contributed by atoms with Gasteiger partial charge < -0.3 is 48.5 Å². The maximum Gasteiger partial charge on any atom is 0.326 e. The van der Waals surface area contributed by atoms with Gasteiger partial charge in [0.05, 0.1) is 12.5 Å². The molecule has 12 N–H and O–H groups in total. The summed E-state index contributed by atoms with van der Waals surface area (Å²) in [5.74, 6) is -4.88. The van der Waals surface area contributed by atoms with Crippen molar-refractivity contribution in [2.75, 3.05) is 13.1 Å². The summed E-state index contributed by atoms with van der Waals surface area (Å²) in [6.07, 6.45) is 1.61. The average molecular weight is 553 g/mol. The molecule has 4 unspecified atom stereocenters. The second-order valence-electron chi connectivity index (χ2n) is 9.17. The van der Waals surface area contributed by atoms with E-state index in [9.17, 15) is 34.2 Å². The topological polar surface area (TPSA) is 260 Å². The number of hydrogen-bond acceptors (Lipinski definition) is 9. The van der Waals surface area contributed by atoms with Gasteiger partial charge in [0.2, 0.25) is 17.7 Å². The van der Waals surface area contributed by atoms with Crippen LogP contribution in [0.3, 0.4) is 0 Å². The quantitative estimate of drug-likeness (QED) is 0.0895. The molecule has 0 fully saturated rings. The molecule has 4 atom stereocenters. The maximum atomic E-state index is 13.2. The van der Waals surface area contributed by atoms with Gasteiger partial charge in [-0.15, -0.1) is 0 Å². The van der Waals surface area contributed by atoms with E-state index in [0.717, 1.165) is 0 Å². The van der Waals surface area contributed by atoms with Crippen LogP contribution in [0.4, 0.5) is 0 Å². The molecule has 0 aromatic heterocycles. The van der Waals surface area contributed by atoms with Crippen LogP contribution in [0.15, 0.2) is 24.3 Å². The molecule has 39 heavy (non-hydrogen) atoms. The minimum atomic E-state index is -1.40. The molecule has 0 heterocycles. The Bertz CT molecular complexity index is 958. The lowest BCUT2D eigenvalue weighted by atomic mass is 10.0. The Kier molecular flexibility index (Phi) is 15.1. The van der Waals surface area contributed by atoms with E-state index in [-0.39, 0.29) is 25.0 Å². The Labute approximate surface area is 226 Å². The molecule has 218 valence electrons. The summed E-state index contributed by atoms with van der Waals surface area (Å²) in [5.41, 5.74) is 17.2. The molecule has 0 radical (unpaired) electrons. The van der Waals surface area contributed by atoms with Crippen LogP contribution >= 0.6 is 0 Å². The van der Waals surface area contributed by atoms with Crippen molar-refractivity contribution < 1.29 is 39.3 Å². The van der Waals surface area contributed by atoms with Crippen LogP contribution in [0.5, 0.6) is 5.75 Å². The molecule has 0 saturated carbocycles. The summed E-state index contributed by atoms with van der Waals surface area (Å²) in [4.78, 5) is 61.5. The minimum absolute atomic E-state index is 0.00462. The third-order valence-electron chi connectivity index (χ3n) is 5.88. The highest BCUT2D eigenvalue weighted by atomic mass is 16.4. The summed E-state index contributed by atoms with van der Waals surface area (Å²) in [6, 6.07) is 0.897. The van der Waals surface area contributed by atoms with Crippen molar-refractivity contribution in [3.63, 3.8) is 0 Å². The van der Waals surface area contributed by atoms with Crippen LogP contribution < -0.4 is 33.2 Å². The van der Waals surface area contributed by atoms with E-state index >= 15 is 0 Å². The van der Waals surface area contributed by atoms with Gasteiger partial charge in [0, 0.05) is 6.42 Å². The number of nitrogens with two attached hydrogens (primary N) is 3. The van der Waals surface area contributed by atoms with Gasteiger partial charge in [0.1, 0.15) is 23.9 Å². The number of carbonyl (C=O) groups is 5. The molecule has 0 aliphatic carbocycles. The number of nitrogens with one attached hydrogen (secondary N) is 3. The summed E-state index contributed by atoms with van der Waals surface area (Å²) >= 11 is 0. The lowest BCUT2D eigenvalue weighted by Crippen LogP contribution is -2.57. The van der Waals surface area contributed by atoms with Crippen LogP contribution in [-0.4, -0.2) is 82.2 Å². The Morgan fingerprint density at radius 3 is 1.72 bits per heavy atom. The molecular formula is C25H40N6O8. The van der Waals surface area contributed by atoms with E-state index in [1.165, 1.54) is 12.1 Å². The summed E-state index contributed by atoms with van der Waals surface area (Å²) in [5, 5.41) is 35.5. The molecule has 0 aliphatic heterocycles. The van der Waals surface area contributed by atoms with Gasteiger partial charge in [0.25, 0.3) is 0 Å². The first kappa shape index (κ1) is 33.3. The van der Waals surface area contributed by atoms with Crippen molar-refractivity contribution in [3.05, 3.63) is 29.8 Å². The van der Waals surface area contributed by atoms with Crippen molar-refractivity contribution >= 4 is 29.7 Å². The van der Waals surface area contributed by atoms with Gasteiger partial charge in [-0.05, 0) is 69.3 Å². The normalized spacial score (nSPS) is 13.9. The number of aliphatic carboxylic acids is 2. The third kappa shape index (κ3) is 13.0. The third-order valence-corrected chi connectivity index (χ3v) is 5.88. The number of amides is 3. The van der Waals surface area contributed by atoms with E-state index in [4.69, 9.17) is 22.3 Å². The van der Waals surface area contributed by atoms with Gasteiger partial charge in [-0.1, -0.05) is 12.1 Å². The second-order valence-corrected chi connectivity index (χ2v) is 9.17. The fourth-order valence-corrected chi connectivity index (χ4v) is 3.69. The highest BCUT2D eigenvalue weighted by molar-refractivity contribution is 5.94. The Morgan fingerprint density at radius 1 is 0.718 bits per heavy atom. The fourth-order valence-electron chi connectivity index (χ4n) is 3.69. The zero-order chi connectivity index (χ0) is 29.4.